The van der Waals surface area contributed by atoms with Gasteiger partial charge in [-0.05, 0) is 33.1 Å². The molecule has 0 fully saturated rings. The lowest BCUT2D eigenvalue weighted by Crippen LogP contribution is -2.66. The van der Waals surface area contributed by atoms with Gasteiger partial charge in [-0.1, -0.05) is 81.4 Å². The molecular formula is C25H31BO5Si. The highest BCUT2D eigenvalue weighted by Crippen LogP contribution is 2.37. The summed E-state index contributed by atoms with van der Waals surface area (Å²) in [5.41, 5.74) is 1.03. The van der Waals surface area contributed by atoms with Crippen LogP contribution in [0.5, 0.6) is 11.5 Å². The third-order valence-electron chi connectivity index (χ3n) is 5.73. The zero-order valence-electron chi connectivity index (χ0n) is 19.3. The lowest BCUT2D eigenvalue weighted by atomic mass is 9.78. The van der Waals surface area contributed by atoms with E-state index in [1.54, 1.807) is 12.1 Å². The summed E-state index contributed by atoms with van der Waals surface area (Å²) in [6, 6.07) is 24.4. The summed E-state index contributed by atoms with van der Waals surface area (Å²) < 4.78 is 17.8. The first-order valence-electron chi connectivity index (χ1n) is 10.6. The molecule has 0 unspecified atom stereocenters. The summed E-state index contributed by atoms with van der Waals surface area (Å²) >= 11 is 0. The third-order valence-corrected chi connectivity index (χ3v) is 10.7. The highest BCUT2D eigenvalue weighted by atomic mass is 28.4. The van der Waals surface area contributed by atoms with Crippen LogP contribution >= 0.6 is 0 Å². The molecule has 32 heavy (non-hydrogen) atoms. The van der Waals surface area contributed by atoms with E-state index >= 15 is 0 Å². The van der Waals surface area contributed by atoms with Crippen molar-refractivity contribution in [3.8, 4) is 11.5 Å². The zero-order valence-corrected chi connectivity index (χ0v) is 20.3. The van der Waals surface area contributed by atoms with E-state index < -0.39 is 15.4 Å². The minimum Gasteiger partial charge on any atom is -0.497 e. The molecule has 0 atom stereocenters. The van der Waals surface area contributed by atoms with E-state index in [0.29, 0.717) is 18.1 Å². The number of hydrogen-bond donors (Lipinski definition) is 2. The van der Waals surface area contributed by atoms with Gasteiger partial charge in [-0.15, -0.1) is 0 Å². The first-order valence-corrected chi connectivity index (χ1v) is 12.5. The van der Waals surface area contributed by atoms with Crippen molar-refractivity contribution in [2.75, 3.05) is 14.2 Å². The maximum absolute atomic E-state index is 9.77. The molecule has 0 radical (unpaired) electrons. The highest BCUT2D eigenvalue weighted by Gasteiger charge is 2.50. The van der Waals surface area contributed by atoms with Gasteiger partial charge < -0.3 is 23.9 Å². The molecule has 0 saturated carbocycles. The average Bonchev–Trinajstić information content (AvgIpc) is 2.79. The molecule has 0 aromatic heterocycles. The Morgan fingerprint density at radius 1 is 0.781 bits per heavy atom. The lowest BCUT2D eigenvalue weighted by molar-refractivity contribution is 0.284. The largest absolute Gasteiger partial charge is 0.497 e. The molecular weight excluding hydrogens is 419 g/mol. The molecule has 2 N–H and O–H groups in total. The standard InChI is InChI=1S/C25H31BO5Si/c1-25(2,3)32(20-12-8-6-9-13-20,21-14-10-7-11-15-21)31-18-19-16-22(29-4)24(26(27)28)23(17-19)30-5/h6-17,27-28H,18H2,1-5H3. The summed E-state index contributed by atoms with van der Waals surface area (Å²) in [7, 11) is -1.42. The predicted molar refractivity (Wildman–Crippen MR) is 132 cm³/mol. The molecule has 0 aliphatic heterocycles. The van der Waals surface area contributed by atoms with Gasteiger partial charge in [0.25, 0.3) is 8.32 Å². The van der Waals surface area contributed by atoms with Crippen molar-refractivity contribution in [2.45, 2.75) is 32.4 Å². The summed E-state index contributed by atoms with van der Waals surface area (Å²) in [5, 5.41) is 21.8. The van der Waals surface area contributed by atoms with Crippen LogP contribution in [0.2, 0.25) is 5.04 Å². The van der Waals surface area contributed by atoms with E-state index in [2.05, 4.69) is 69.3 Å². The molecule has 0 bridgehead atoms. The Hall–Kier alpha value is -2.58. The van der Waals surface area contributed by atoms with Gasteiger partial charge in [0.05, 0.1) is 26.3 Å². The first-order chi connectivity index (χ1) is 15.2. The van der Waals surface area contributed by atoms with Gasteiger partial charge in [0.2, 0.25) is 0 Å². The van der Waals surface area contributed by atoms with Crippen LogP contribution in [0.4, 0.5) is 0 Å². The van der Waals surface area contributed by atoms with Crippen molar-refractivity contribution in [1.29, 1.82) is 0 Å². The molecule has 3 aromatic carbocycles. The van der Waals surface area contributed by atoms with E-state index in [1.165, 1.54) is 24.6 Å². The molecule has 0 aliphatic carbocycles. The van der Waals surface area contributed by atoms with Crippen molar-refractivity contribution in [3.05, 3.63) is 78.4 Å². The van der Waals surface area contributed by atoms with Crippen LogP contribution in [0.3, 0.4) is 0 Å². The van der Waals surface area contributed by atoms with E-state index in [1.807, 2.05) is 12.1 Å². The van der Waals surface area contributed by atoms with E-state index in [0.717, 1.165) is 5.56 Å². The van der Waals surface area contributed by atoms with Crippen LogP contribution in [-0.2, 0) is 11.0 Å². The van der Waals surface area contributed by atoms with E-state index in [-0.39, 0.29) is 10.5 Å². The first kappa shape index (κ1) is 24.1. The number of hydrogen-bond acceptors (Lipinski definition) is 5. The van der Waals surface area contributed by atoms with Gasteiger partial charge >= 0.3 is 7.12 Å². The van der Waals surface area contributed by atoms with E-state index in [4.69, 9.17) is 13.9 Å². The van der Waals surface area contributed by atoms with E-state index in [9.17, 15) is 10.0 Å². The molecule has 168 valence electrons. The minimum absolute atomic E-state index is 0.148. The summed E-state index contributed by atoms with van der Waals surface area (Å²) in [5.74, 6) is 0.695. The summed E-state index contributed by atoms with van der Waals surface area (Å²) in [6.45, 7) is 7.00. The van der Waals surface area contributed by atoms with Crippen molar-refractivity contribution < 1.29 is 23.9 Å². The Morgan fingerprint density at radius 3 is 1.56 bits per heavy atom. The zero-order chi connectivity index (χ0) is 23.4. The fourth-order valence-electron chi connectivity index (χ4n) is 4.28. The molecule has 0 heterocycles. The van der Waals surface area contributed by atoms with Gasteiger partial charge in [-0.2, -0.15) is 0 Å². The fourth-order valence-corrected chi connectivity index (χ4v) is 8.82. The normalized spacial score (nSPS) is 11.8. The van der Waals surface area contributed by atoms with Gasteiger partial charge in [0.15, 0.2) is 0 Å². The maximum atomic E-state index is 9.77. The van der Waals surface area contributed by atoms with Gasteiger partial charge in [-0.25, -0.2) is 0 Å². The van der Waals surface area contributed by atoms with Crippen molar-refractivity contribution in [3.63, 3.8) is 0 Å². The Bertz CT molecular complexity index is 955. The molecule has 0 amide bonds. The summed E-state index contributed by atoms with van der Waals surface area (Å²) in [4.78, 5) is 0. The number of ether oxygens (including phenoxy) is 2. The fraction of sp³-hybridized carbons (Fsp3) is 0.280. The predicted octanol–water partition coefficient (Wildman–Crippen LogP) is 2.46. The van der Waals surface area contributed by atoms with Crippen molar-refractivity contribution in [1.82, 2.24) is 0 Å². The number of rotatable bonds is 8. The van der Waals surface area contributed by atoms with Crippen LogP contribution in [-0.4, -0.2) is 39.7 Å². The second kappa shape index (κ2) is 9.92. The second-order valence-corrected chi connectivity index (χ2v) is 13.0. The quantitative estimate of drug-likeness (QED) is 0.516. The molecule has 3 aromatic rings. The Kier molecular flexibility index (Phi) is 7.46. The molecule has 3 rings (SSSR count). The highest BCUT2D eigenvalue weighted by molar-refractivity contribution is 6.99. The average molecular weight is 450 g/mol. The lowest BCUT2D eigenvalue weighted by Gasteiger charge is -2.43. The number of methoxy groups -OCH3 is 2. The number of benzene rings is 3. The van der Waals surface area contributed by atoms with Gasteiger partial charge in [0.1, 0.15) is 11.5 Å². The van der Waals surface area contributed by atoms with Gasteiger partial charge in [-0.3, -0.25) is 0 Å². The van der Waals surface area contributed by atoms with Crippen LogP contribution < -0.4 is 25.3 Å². The SMILES string of the molecule is COc1cc(CO[Si](c2ccccc2)(c2ccccc2)C(C)(C)C)cc(OC)c1B(O)O. The van der Waals surface area contributed by atoms with Crippen LogP contribution in [0, 0.1) is 0 Å². The third kappa shape index (κ3) is 4.61. The molecule has 7 heteroatoms. The van der Waals surface area contributed by atoms with Gasteiger partial charge in [0, 0.05) is 0 Å². The topological polar surface area (TPSA) is 68.2 Å². The molecule has 5 nitrogen and oxygen atoms in total. The molecule has 0 aliphatic rings. The van der Waals surface area contributed by atoms with Crippen LogP contribution in [0.25, 0.3) is 0 Å². The Morgan fingerprint density at radius 2 is 1.22 bits per heavy atom. The minimum atomic E-state index is -2.70. The molecule has 0 spiro atoms. The van der Waals surface area contributed by atoms with Crippen molar-refractivity contribution >= 4 is 31.3 Å². The Balaban J connectivity index is 2.11. The van der Waals surface area contributed by atoms with Crippen LogP contribution in [0.1, 0.15) is 26.3 Å². The Labute approximate surface area is 191 Å². The molecule has 0 saturated heterocycles. The van der Waals surface area contributed by atoms with Crippen molar-refractivity contribution in [2.24, 2.45) is 0 Å². The second-order valence-electron chi connectivity index (χ2n) is 8.74. The smallest absolute Gasteiger partial charge is 0.496 e. The summed E-state index contributed by atoms with van der Waals surface area (Å²) in [6.07, 6.45) is 0. The maximum Gasteiger partial charge on any atom is 0.496 e. The monoisotopic (exact) mass is 450 g/mol. The van der Waals surface area contributed by atoms with Crippen LogP contribution in [0.15, 0.2) is 72.8 Å².